The van der Waals surface area contributed by atoms with Gasteiger partial charge >= 0.3 is 0 Å². The Labute approximate surface area is 86.0 Å². The second kappa shape index (κ2) is 5.98. The molecule has 14 heavy (non-hydrogen) atoms. The lowest BCUT2D eigenvalue weighted by Gasteiger charge is -2.20. The fourth-order valence-corrected chi connectivity index (χ4v) is 1.81. The number of amides is 1. The Morgan fingerprint density at radius 1 is 1.64 bits per heavy atom. The molecule has 0 aromatic carbocycles. The van der Waals surface area contributed by atoms with E-state index >= 15 is 0 Å². The van der Waals surface area contributed by atoms with E-state index in [1.54, 1.807) is 0 Å². The molecule has 1 unspecified atom stereocenters. The third-order valence-electron chi connectivity index (χ3n) is 2.58. The Morgan fingerprint density at radius 2 is 2.43 bits per heavy atom. The molecule has 0 aromatic heterocycles. The summed E-state index contributed by atoms with van der Waals surface area (Å²) in [6.45, 7) is 3.13. The Morgan fingerprint density at radius 3 is 3.00 bits per heavy atom. The van der Waals surface area contributed by atoms with Crippen molar-refractivity contribution in [2.45, 2.75) is 25.3 Å². The van der Waals surface area contributed by atoms with Gasteiger partial charge in [-0.3, -0.25) is 4.79 Å². The fourth-order valence-electron chi connectivity index (χ4n) is 1.81. The molecule has 0 aromatic rings. The van der Waals surface area contributed by atoms with Crippen LogP contribution in [0.5, 0.6) is 0 Å². The lowest BCUT2D eigenvalue weighted by atomic mass is 10.2. The predicted octanol–water partition coefficient (Wildman–Crippen LogP) is -0.194. The summed E-state index contributed by atoms with van der Waals surface area (Å²) in [5.74, 6) is 0.207. The molecule has 0 spiro atoms. The molecule has 1 fully saturated rings. The first-order valence-electron chi connectivity index (χ1n) is 5.35. The smallest absolute Gasteiger partial charge is 0.220 e. The van der Waals surface area contributed by atoms with Crippen molar-refractivity contribution >= 4 is 5.91 Å². The van der Waals surface area contributed by atoms with Crippen LogP contribution in [-0.2, 0) is 4.79 Å². The summed E-state index contributed by atoms with van der Waals surface area (Å²) in [7, 11) is 4.08. The van der Waals surface area contributed by atoms with Gasteiger partial charge in [-0.15, -0.1) is 0 Å². The highest BCUT2D eigenvalue weighted by atomic mass is 16.1. The van der Waals surface area contributed by atoms with Crippen molar-refractivity contribution in [3.05, 3.63) is 0 Å². The van der Waals surface area contributed by atoms with Crippen LogP contribution in [0.2, 0.25) is 0 Å². The van der Waals surface area contributed by atoms with E-state index < -0.39 is 0 Å². The van der Waals surface area contributed by atoms with Crippen LogP contribution in [0.25, 0.3) is 0 Å². The molecule has 0 saturated carbocycles. The SMILES string of the molecule is CNCCCN(C)CC1CCC(=O)N1. The maximum atomic E-state index is 11.0. The molecule has 1 atom stereocenters. The second-order valence-corrected chi connectivity index (χ2v) is 4.02. The van der Waals surface area contributed by atoms with E-state index in [4.69, 9.17) is 0 Å². The average molecular weight is 199 g/mol. The quantitative estimate of drug-likeness (QED) is 0.583. The standard InChI is InChI=1S/C10H21N3O/c1-11-6-3-7-13(2)8-9-4-5-10(14)12-9/h9,11H,3-8H2,1-2H3,(H,12,14). The molecule has 1 saturated heterocycles. The van der Waals surface area contributed by atoms with E-state index in [0.717, 1.165) is 32.5 Å². The molecule has 1 aliphatic rings. The molecule has 2 N–H and O–H groups in total. The predicted molar refractivity (Wildman–Crippen MR) is 57.2 cm³/mol. The number of hydrogen-bond acceptors (Lipinski definition) is 3. The first kappa shape index (κ1) is 11.5. The highest BCUT2D eigenvalue weighted by molar-refractivity contribution is 5.78. The molecule has 4 heteroatoms. The van der Waals surface area contributed by atoms with Gasteiger partial charge in [0.15, 0.2) is 0 Å². The molecular weight excluding hydrogens is 178 g/mol. The zero-order chi connectivity index (χ0) is 10.4. The van der Waals surface area contributed by atoms with E-state index in [1.165, 1.54) is 0 Å². The highest BCUT2D eigenvalue weighted by Crippen LogP contribution is 2.07. The van der Waals surface area contributed by atoms with Crippen molar-refractivity contribution in [3.63, 3.8) is 0 Å². The van der Waals surface area contributed by atoms with E-state index in [-0.39, 0.29) is 5.91 Å². The minimum Gasteiger partial charge on any atom is -0.352 e. The van der Waals surface area contributed by atoms with Gasteiger partial charge in [-0.1, -0.05) is 0 Å². The van der Waals surface area contributed by atoms with Gasteiger partial charge in [0.2, 0.25) is 5.91 Å². The molecule has 1 rings (SSSR count). The minimum absolute atomic E-state index is 0.207. The topological polar surface area (TPSA) is 44.4 Å². The molecule has 1 heterocycles. The summed E-state index contributed by atoms with van der Waals surface area (Å²) >= 11 is 0. The van der Waals surface area contributed by atoms with Crippen LogP contribution in [0.15, 0.2) is 0 Å². The van der Waals surface area contributed by atoms with Gasteiger partial charge in [0.1, 0.15) is 0 Å². The molecular formula is C10H21N3O. The van der Waals surface area contributed by atoms with Gasteiger partial charge in [-0.05, 0) is 40.0 Å². The van der Waals surface area contributed by atoms with Gasteiger partial charge in [-0.25, -0.2) is 0 Å². The van der Waals surface area contributed by atoms with Crippen LogP contribution in [0.4, 0.5) is 0 Å². The Hall–Kier alpha value is -0.610. The van der Waals surface area contributed by atoms with Crippen molar-refractivity contribution < 1.29 is 4.79 Å². The third-order valence-corrected chi connectivity index (χ3v) is 2.58. The maximum Gasteiger partial charge on any atom is 0.220 e. The van der Waals surface area contributed by atoms with Crippen LogP contribution in [0, 0.1) is 0 Å². The minimum atomic E-state index is 0.207. The summed E-state index contributed by atoms with van der Waals surface area (Å²) < 4.78 is 0. The molecule has 0 radical (unpaired) electrons. The summed E-state index contributed by atoms with van der Waals surface area (Å²) in [6.07, 6.45) is 2.86. The van der Waals surface area contributed by atoms with Crippen molar-refractivity contribution in [2.75, 3.05) is 33.7 Å². The second-order valence-electron chi connectivity index (χ2n) is 4.02. The lowest BCUT2D eigenvalue weighted by molar-refractivity contribution is -0.119. The molecule has 4 nitrogen and oxygen atoms in total. The van der Waals surface area contributed by atoms with Gasteiger partial charge < -0.3 is 15.5 Å². The monoisotopic (exact) mass is 199 g/mol. The third kappa shape index (κ3) is 4.07. The van der Waals surface area contributed by atoms with E-state index in [0.29, 0.717) is 12.5 Å². The van der Waals surface area contributed by atoms with Crippen LogP contribution < -0.4 is 10.6 Å². The first-order valence-corrected chi connectivity index (χ1v) is 5.35. The number of hydrogen-bond donors (Lipinski definition) is 2. The number of carbonyl (C=O) groups excluding carboxylic acids is 1. The van der Waals surface area contributed by atoms with Gasteiger partial charge in [-0.2, -0.15) is 0 Å². The van der Waals surface area contributed by atoms with E-state index in [2.05, 4.69) is 22.6 Å². The van der Waals surface area contributed by atoms with Crippen molar-refractivity contribution in [2.24, 2.45) is 0 Å². The van der Waals surface area contributed by atoms with Crippen LogP contribution in [-0.4, -0.2) is 50.6 Å². The van der Waals surface area contributed by atoms with Gasteiger partial charge in [0.25, 0.3) is 0 Å². The maximum absolute atomic E-state index is 11.0. The Balaban J connectivity index is 2.07. The van der Waals surface area contributed by atoms with E-state index in [9.17, 15) is 4.79 Å². The summed E-state index contributed by atoms with van der Waals surface area (Å²) in [6, 6.07) is 0.377. The zero-order valence-electron chi connectivity index (χ0n) is 9.18. The van der Waals surface area contributed by atoms with E-state index in [1.807, 2.05) is 7.05 Å². The lowest BCUT2D eigenvalue weighted by Crippen LogP contribution is -2.37. The Kier molecular flexibility index (Phi) is 4.90. The number of nitrogens with zero attached hydrogens (tertiary/aromatic N) is 1. The number of carbonyl (C=O) groups is 1. The van der Waals surface area contributed by atoms with Crippen LogP contribution in [0.1, 0.15) is 19.3 Å². The largest absolute Gasteiger partial charge is 0.352 e. The summed E-state index contributed by atoms with van der Waals surface area (Å²) in [4.78, 5) is 13.2. The number of rotatable bonds is 6. The van der Waals surface area contributed by atoms with Crippen molar-refractivity contribution in [1.82, 2.24) is 15.5 Å². The average Bonchev–Trinajstić information content (AvgIpc) is 2.52. The van der Waals surface area contributed by atoms with Gasteiger partial charge in [0, 0.05) is 19.0 Å². The Bertz CT molecular complexity index is 184. The fraction of sp³-hybridized carbons (Fsp3) is 0.900. The van der Waals surface area contributed by atoms with Crippen molar-refractivity contribution in [1.29, 1.82) is 0 Å². The number of nitrogens with one attached hydrogen (secondary N) is 2. The summed E-state index contributed by atoms with van der Waals surface area (Å²) in [5.41, 5.74) is 0. The molecule has 1 aliphatic heterocycles. The van der Waals surface area contributed by atoms with Crippen molar-refractivity contribution in [3.8, 4) is 0 Å². The molecule has 82 valence electrons. The normalized spacial score (nSPS) is 21.6. The molecule has 1 amide bonds. The van der Waals surface area contributed by atoms with Crippen LogP contribution in [0.3, 0.4) is 0 Å². The first-order chi connectivity index (χ1) is 6.72. The van der Waals surface area contributed by atoms with Gasteiger partial charge in [0.05, 0.1) is 0 Å². The highest BCUT2D eigenvalue weighted by Gasteiger charge is 2.21. The zero-order valence-corrected chi connectivity index (χ0v) is 9.18. The molecule has 0 aliphatic carbocycles. The summed E-state index contributed by atoms with van der Waals surface area (Å²) in [5, 5.41) is 6.11. The van der Waals surface area contributed by atoms with Crippen LogP contribution >= 0.6 is 0 Å². The number of likely N-dealkylation sites (N-methyl/N-ethyl adjacent to an activating group) is 1. The molecule has 0 bridgehead atoms.